The highest BCUT2D eigenvalue weighted by molar-refractivity contribution is 6.88. The maximum Gasteiger partial charge on any atom is 0.305 e. The number of nitrogens with zero attached hydrogens (tertiary/aromatic N) is 2. The number of hydrogen-bond donors (Lipinski definition) is 1. The Morgan fingerprint density at radius 1 is 1.58 bits per heavy atom. The van der Waals surface area contributed by atoms with E-state index in [4.69, 9.17) is 0 Å². The molecule has 0 aliphatic carbocycles. The van der Waals surface area contributed by atoms with Crippen LogP contribution in [-0.2, 0) is 0 Å². The molecule has 12 heavy (non-hydrogen) atoms. The molecule has 0 bridgehead atoms. The molecule has 1 aromatic rings. The smallest absolute Gasteiger partial charge is 0.280 e. The van der Waals surface area contributed by atoms with Crippen LogP contribution in [0.4, 0.5) is 5.69 Å². The molecule has 0 saturated carbocycles. The normalized spacial score (nSPS) is 11.6. The molecular weight excluding hydrogens is 174 g/mol. The van der Waals surface area contributed by atoms with Gasteiger partial charge in [-0.2, -0.15) is 5.10 Å². The van der Waals surface area contributed by atoms with Gasteiger partial charge in [-0.15, -0.1) is 0 Å². The first-order valence-electron chi connectivity index (χ1n) is 3.61. The van der Waals surface area contributed by atoms with Crippen molar-refractivity contribution in [2.45, 2.75) is 19.6 Å². The molecule has 1 heterocycles. The summed E-state index contributed by atoms with van der Waals surface area (Å²) in [6.07, 6.45) is 1.27. The summed E-state index contributed by atoms with van der Waals surface area (Å²) in [6.45, 7) is 6.11. The Labute approximate surface area is 71.0 Å². The van der Waals surface area contributed by atoms with E-state index in [2.05, 4.69) is 10.2 Å². The summed E-state index contributed by atoms with van der Waals surface area (Å²) in [5.41, 5.74) is 0.120. The zero-order valence-electron chi connectivity index (χ0n) is 7.29. The Morgan fingerprint density at radius 3 is 2.50 bits per heavy atom. The Morgan fingerprint density at radius 2 is 2.17 bits per heavy atom. The third kappa shape index (κ3) is 1.53. The lowest BCUT2D eigenvalue weighted by Crippen LogP contribution is -2.40. The molecule has 0 aliphatic heterocycles. The van der Waals surface area contributed by atoms with Gasteiger partial charge in [-0.3, -0.25) is 15.2 Å². The average molecular weight is 185 g/mol. The molecule has 0 aliphatic rings. The summed E-state index contributed by atoms with van der Waals surface area (Å²) in [7, 11) is -1.65. The minimum atomic E-state index is -1.65. The maximum atomic E-state index is 10.5. The molecule has 0 aromatic carbocycles. The monoisotopic (exact) mass is 185 g/mol. The number of nitro groups is 1. The lowest BCUT2D eigenvalue weighted by Gasteiger charge is -2.11. The lowest BCUT2D eigenvalue weighted by atomic mass is 10.6. The van der Waals surface area contributed by atoms with Gasteiger partial charge in [0.2, 0.25) is 0 Å². The van der Waals surface area contributed by atoms with Crippen LogP contribution in [0.1, 0.15) is 0 Å². The number of rotatable bonds is 2. The van der Waals surface area contributed by atoms with Crippen LogP contribution in [0.2, 0.25) is 19.6 Å². The highest BCUT2D eigenvalue weighted by Crippen LogP contribution is 2.10. The van der Waals surface area contributed by atoms with E-state index in [0.29, 0.717) is 5.32 Å². The third-order valence-electron chi connectivity index (χ3n) is 1.57. The molecule has 0 unspecified atom stereocenters. The van der Waals surface area contributed by atoms with Gasteiger partial charge >= 0.3 is 5.69 Å². The van der Waals surface area contributed by atoms with Crippen molar-refractivity contribution in [2.24, 2.45) is 0 Å². The number of nitrogens with one attached hydrogen (secondary N) is 1. The molecular formula is C6H11N3O2Si. The van der Waals surface area contributed by atoms with E-state index < -0.39 is 13.0 Å². The zero-order valence-corrected chi connectivity index (χ0v) is 8.29. The summed E-state index contributed by atoms with van der Waals surface area (Å²) < 4.78 is 0. The molecule has 0 radical (unpaired) electrons. The molecule has 0 amide bonds. The second kappa shape index (κ2) is 2.70. The van der Waals surface area contributed by atoms with Crippen LogP contribution in [0, 0.1) is 10.1 Å². The van der Waals surface area contributed by atoms with Crippen molar-refractivity contribution in [3.63, 3.8) is 0 Å². The van der Waals surface area contributed by atoms with E-state index in [1.165, 1.54) is 6.20 Å². The fourth-order valence-corrected chi connectivity index (χ4v) is 2.29. The summed E-state index contributed by atoms with van der Waals surface area (Å²) in [5, 5.41) is 17.6. The van der Waals surface area contributed by atoms with Crippen molar-refractivity contribution >= 4 is 19.1 Å². The zero-order chi connectivity index (χ0) is 9.35. The summed E-state index contributed by atoms with van der Waals surface area (Å²) >= 11 is 0. The highest BCUT2D eigenvalue weighted by atomic mass is 28.3. The number of aromatic nitrogens is 2. The van der Waals surface area contributed by atoms with Crippen LogP contribution < -0.4 is 5.32 Å². The number of aromatic amines is 1. The first-order chi connectivity index (χ1) is 5.43. The van der Waals surface area contributed by atoms with Gasteiger partial charge in [-0.05, 0) is 0 Å². The van der Waals surface area contributed by atoms with Gasteiger partial charge in [0, 0.05) is 0 Å². The van der Waals surface area contributed by atoms with Gasteiger partial charge in [0.1, 0.15) is 14.3 Å². The molecule has 66 valence electrons. The molecule has 5 nitrogen and oxygen atoms in total. The van der Waals surface area contributed by atoms with E-state index in [9.17, 15) is 10.1 Å². The third-order valence-corrected chi connectivity index (χ3v) is 3.43. The minimum Gasteiger partial charge on any atom is -0.280 e. The van der Waals surface area contributed by atoms with Crippen LogP contribution in [0.5, 0.6) is 0 Å². The largest absolute Gasteiger partial charge is 0.305 e. The van der Waals surface area contributed by atoms with Crippen LogP contribution in [0.15, 0.2) is 6.20 Å². The van der Waals surface area contributed by atoms with E-state index in [0.717, 1.165) is 0 Å². The fraction of sp³-hybridized carbons (Fsp3) is 0.500. The molecule has 1 N–H and O–H groups in total. The maximum absolute atomic E-state index is 10.5. The standard InChI is InChI=1S/C6H11N3O2Si/c1-12(2,3)6-5(9(10)11)4-7-8-6/h4H,1-3H3,(H,7,8). The van der Waals surface area contributed by atoms with E-state index in [1.807, 2.05) is 19.6 Å². The van der Waals surface area contributed by atoms with Crippen molar-refractivity contribution in [1.29, 1.82) is 0 Å². The molecule has 0 spiro atoms. The first kappa shape index (κ1) is 8.92. The summed E-state index contributed by atoms with van der Waals surface area (Å²) in [5.74, 6) is 0. The predicted octanol–water partition coefficient (Wildman–Crippen LogP) is 0.863. The average Bonchev–Trinajstić information content (AvgIpc) is 2.30. The molecule has 1 rings (SSSR count). The van der Waals surface area contributed by atoms with Gasteiger partial charge in [0.05, 0.1) is 10.2 Å². The Kier molecular flexibility index (Phi) is 2.01. The minimum absolute atomic E-state index is 0.120. The van der Waals surface area contributed by atoms with Crippen LogP contribution in [0.25, 0.3) is 0 Å². The van der Waals surface area contributed by atoms with Crippen molar-refractivity contribution < 1.29 is 4.92 Å². The fourth-order valence-electron chi connectivity index (χ4n) is 0.970. The summed E-state index contributed by atoms with van der Waals surface area (Å²) in [4.78, 5) is 10.1. The van der Waals surface area contributed by atoms with Gasteiger partial charge in [-0.25, -0.2) is 0 Å². The Hall–Kier alpha value is -1.17. The number of hydrogen-bond acceptors (Lipinski definition) is 3. The second-order valence-corrected chi connectivity index (χ2v) is 8.64. The van der Waals surface area contributed by atoms with Gasteiger partial charge < -0.3 is 0 Å². The molecule has 0 fully saturated rings. The molecule has 1 aromatic heterocycles. The Balaban J connectivity index is 3.17. The van der Waals surface area contributed by atoms with Crippen LogP contribution in [0.3, 0.4) is 0 Å². The van der Waals surface area contributed by atoms with Crippen LogP contribution >= 0.6 is 0 Å². The quantitative estimate of drug-likeness (QED) is 0.422. The molecule has 0 atom stereocenters. The van der Waals surface area contributed by atoms with Gasteiger partial charge in [-0.1, -0.05) is 19.6 Å². The SMILES string of the molecule is C[Si](C)(C)c1[nH]ncc1[N+](=O)[O-]. The van der Waals surface area contributed by atoms with Crippen molar-refractivity contribution in [1.82, 2.24) is 10.2 Å². The van der Waals surface area contributed by atoms with Crippen LogP contribution in [-0.4, -0.2) is 23.2 Å². The second-order valence-electron chi connectivity index (χ2n) is 3.64. The van der Waals surface area contributed by atoms with Gasteiger partial charge in [0.25, 0.3) is 0 Å². The highest BCUT2D eigenvalue weighted by Gasteiger charge is 2.28. The topological polar surface area (TPSA) is 71.8 Å². The Bertz CT molecular complexity index is 302. The van der Waals surface area contributed by atoms with E-state index in [1.54, 1.807) is 0 Å². The van der Waals surface area contributed by atoms with Crippen molar-refractivity contribution in [2.75, 3.05) is 0 Å². The van der Waals surface area contributed by atoms with E-state index in [-0.39, 0.29) is 5.69 Å². The predicted molar refractivity (Wildman–Crippen MR) is 48.2 cm³/mol. The van der Waals surface area contributed by atoms with Gasteiger partial charge in [0.15, 0.2) is 0 Å². The van der Waals surface area contributed by atoms with E-state index >= 15 is 0 Å². The first-order valence-corrected chi connectivity index (χ1v) is 7.11. The molecule has 6 heteroatoms. The summed E-state index contributed by atoms with van der Waals surface area (Å²) in [6, 6.07) is 0. The van der Waals surface area contributed by atoms with Crippen molar-refractivity contribution in [3.05, 3.63) is 16.3 Å². The lowest BCUT2D eigenvalue weighted by molar-refractivity contribution is -0.383. The number of H-pyrrole nitrogens is 1. The van der Waals surface area contributed by atoms with Crippen molar-refractivity contribution in [3.8, 4) is 0 Å². The molecule has 0 saturated heterocycles.